The normalized spacial score (nSPS) is 25.9. The van der Waals surface area contributed by atoms with Crippen LogP contribution in [0.1, 0.15) is 37.9 Å². The topological polar surface area (TPSA) is 112 Å². The van der Waals surface area contributed by atoms with Gasteiger partial charge < -0.3 is 9.64 Å². The minimum atomic E-state index is -1.78. The van der Waals surface area contributed by atoms with E-state index in [0.29, 0.717) is 5.69 Å². The molecule has 4 amide bonds. The summed E-state index contributed by atoms with van der Waals surface area (Å²) >= 11 is 0. The van der Waals surface area contributed by atoms with Crippen molar-refractivity contribution in [1.29, 1.82) is 0 Å². The third kappa shape index (κ3) is 3.65. The van der Waals surface area contributed by atoms with E-state index in [1.165, 1.54) is 11.0 Å². The average molecular weight is 498 g/mol. The van der Waals surface area contributed by atoms with Crippen LogP contribution in [0.3, 0.4) is 0 Å². The predicted octanol–water partition coefficient (Wildman–Crippen LogP) is 3.70. The van der Waals surface area contributed by atoms with E-state index < -0.39 is 53.1 Å². The van der Waals surface area contributed by atoms with Gasteiger partial charge in [-0.3, -0.25) is 20.2 Å². The van der Waals surface area contributed by atoms with Crippen molar-refractivity contribution < 1.29 is 27.9 Å². The van der Waals surface area contributed by atoms with E-state index in [-0.39, 0.29) is 35.9 Å². The molecule has 188 valence electrons. The fourth-order valence-electron chi connectivity index (χ4n) is 5.57. The second-order valence-corrected chi connectivity index (χ2v) is 9.46. The maximum Gasteiger partial charge on any atom is 0.328 e. The predicted molar refractivity (Wildman–Crippen MR) is 125 cm³/mol. The van der Waals surface area contributed by atoms with Gasteiger partial charge in [-0.1, -0.05) is 18.2 Å². The first-order chi connectivity index (χ1) is 17.1. The quantitative estimate of drug-likeness (QED) is 0.496. The number of morpholine rings is 1. The summed E-state index contributed by atoms with van der Waals surface area (Å²) in [4.78, 5) is 39.8. The lowest BCUT2D eigenvalue weighted by atomic mass is 9.66. The number of nitrogens with zero attached hydrogens (tertiary/aromatic N) is 3. The number of nitrogens with one attached hydrogen (secondary N) is 2. The molecule has 0 saturated carbocycles. The van der Waals surface area contributed by atoms with Crippen LogP contribution < -0.4 is 15.5 Å². The highest BCUT2D eigenvalue weighted by Gasteiger charge is 2.63. The van der Waals surface area contributed by atoms with Gasteiger partial charge in [0.2, 0.25) is 11.8 Å². The van der Waals surface area contributed by atoms with E-state index >= 15 is 8.78 Å². The maximum absolute atomic E-state index is 15.7. The Morgan fingerprint density at radius 3 is 2.42 bits per heavy atom. The summed E-state index contributed by atoms with van der Waals surface area (Å²) < 4.78 is 37.0. The van der Waals surface area contributed by atoms with Crippen LogP contribution >= 0.6 is 0 Å². The molecule has 2 saturated heterocycles. The smallest absolute Gasteiger partial charge is 0.328 e. The maximum atomic E-state index is 15.7. The number of hydrogen-bond donors (Lipinski definition) is 2. The monoisotopic (exact) mass is 497 g/mol. The number of halogens is 2. The van der Waals surface area contributed by atoms with Crippen molar-refractivity contribution in [2.75, 3.05) is 11.4 Å². The average Bonchev–Trinajstić information content (AvgIpc) is 2.83. The van der Waals surface area contributed by atoms with Crippen molar-refractivity contribution in [2.45, 2.75) is 51.5 Å². The van der Waals surface area contributed by atoms with Crippen molar-refractivity contribution in [2.24, 2.45) is 15.6 Å². The molecule has 0 bridgehead atoms. The van der Waals surface area contributed by atoms with E-state index in [9.17, 15) is 14.4 Å². The Morgan fingerprint density at radius 2 is 1.75 bits per heavy atom. The molecule has 9 nitrogen and oxygen atoms in total. The van der Waals surface area contributed by atoms with E-state index in [0.717, 1.165) is 0 Å². The number of imide groups is 2. The third-order valence-electron chi connectivity index (χ3n) is 7.05. The van der Waals surface area contributed by atoms with E-state index in [2.05, 4.69) is 20.9 Å². The first kappa shape index (κ1) is 24.0. The Bertz CT molecular complexity index is 1260. The number of anilines is 1. The molecule has 1 spiro atoms. The minimum Gasteiger partial charge on any atom is -0.372 e. The summed E-state index contributed by atoms with van der Waals surface area (Å²) in [5.74, 6) is -3.75. The summed E-state index contributed by atoms with van der Waals surface area (Å²) in [5, 5.41) is 12.6. The third-order valence-corrected chi connectivity index (χ3v) is 7.05. The van der Waals surface area contributed by atoms with Gasteiger partial charge in [-0.15, -0.1) is 0 Å². The zero-order valence-corrected chi connectivity index (χ0v) is 19.9. The van der Waals surface area contributed by atoms with Gasteiger partial charge in [-0.25, -0.2) is 13.6 Å². The van der Waals surface area contributed by atoms with Crippen LogP contribution in [0.25, 0.3) is 0 Å². The zero-order valence-electron chi connectivity index (χ0n) is 19.9. The largest absolute Gasteiger partial charge is 0.372 e. The number of barbiturate groups is 1. The highest BCUT2D eigenvalue weighted by molar-refractivity contribution is 6.20. The number of hydrogen-bond acceptors (Lipinski definition) is 7. The van der Waals surface area contributed by atoms with Gasteiger partial charge in [-0.05, 0) is 44.5 Å². The Kier molecular flexibility index (Phi) is 5.82. The summed E-state index contributed by atoms with van der Waals surface area (Å²) in [7, 11) is 0. The minimum absolute atomic E-state index is 0.0152. The summed E-state index contributed by atoms with van der Waals surface area (Å²) in [5.41, 5.74) is -1.03. The Hall–Kier alpha value is -3.73. The molecule has 3 aliphatic heterocycles. The van der Waals surface area contributed by atoms with Crippen molar-refractivity contribution in [1.82, 2.24) is 10.6 Å². The number of azo groups is 1. The summed E-state index contributed by atoms with van der Waals surface area (Å²) in [6, 6.07) is 7.54. The first-order valence-corrected chi connectivity index (χ1v) is 11.7. The van der Waals surface area contributed by atoms with Gasteiger partial charge in [0.05, 0.1) is 35.7 Å². The molecule has 0 aliphatic carbocycles. The summed E-state index contributed by atoms with van der Waals surface area (Å²) in [6.45, 7) is 5.14. The molecule has 5 rings (SSSR count). The lowest BCUT2D eigenvalue weighted by Gasteiger charge is -2.55. The van der Waals surface area contributed by atoms with E-state index in [1.54, 1.807) is 45.0 Å². The molecule has 0 aromatic heterocycles. The van der Waals surface area contributed by atoms with Crippen molar-refractivity contribution in [3.63, 3.8) is 0 Å². The van der Waals surface area contributed by atoms with Crippen LogP contribution in [0.2, 0.25) is 0 Å². The van der Waals surface area contributed by atoms with Crippen LogP contribution in [-0.4, -0.2) is 42.6 Å². The van der Waals surface area contributed by atoms with Gasteiger partial charge in [0.25, 0.3) is 0 Å². The number of urea groups is 1. The molecule has 1 unspecified atom stereocenters. The van der Waals surface area contributed by atoms with Gasteiger partial charge in [0.1, 0.15) is 0 Å². The van der Waals surface area contributed by atoms with Crippen LogP contribution in [-0.2, 0) is 20.7 Å². The van der Waals surface area contributed by atoms with Crippen LogP contribution in [0.15, 0.2) is 46.6 Å². The van der Waals surface area contributed by atoms with Crippen molar-refractivity contribution >= 4 is 29.2 Å². The number of fused-ring (bicyclic) bond motifs is 4. The van der Waals surface area contributed by atoms with E-state index in [1.807, 2.05) is 6.07 Å². The fraction of sp³-hybridized carbons (Fsp3) is 0.400. The second-order valence-electron chi connectivity index (χ2n) is 9.46. The highest BCUT2D eigenvalue weighted by Crippen LogP contribution is 2.49. The van der Waals surface area contributed by atoms with Gasteiger partial charge in [0, 0.05) is 18.5 Å². The molecule has 36 heavy (non-hydrogen) atoms. The zero-order chi connectivity index (χ0) is 25.8. The number of ether oxygens (including phenoxy) is 1. The van der Waals surface area contributed by atoms with Gasteiger partial charge in [0.15, 0.2) is 17.0 Å². The summed E-state index contributed by atoms with van der Waals surface area (Å²) in [6.07, 6.45) is -1.31. The Morgan fingerprint density at radius 1 is 1.08 bits per heavy atom. The van der Waals surface area contributed by atoms with Crippen LogP contribution in [0, 0.1) is 17.0 Å². The van der Waals surface area contributed by atoms with E-state index in [4.69, 9.17) is 4.74 Å². The van der Waals surface area contributed by atoms with Crippen LogP contribution in [0.4, 0.5) is 25.0 Å². The molecule has 11 heteroatoms. The number of amides is 4. The standard InChI is InChI=1S/C25H25F2N5O4/c1-12-11-32-20-15(10-25(21(32)14(3)36-12)22(33)28-24(35)29-23(25)34)9-17(18(26)19(20)27)13(2)30-31-16-7-5-4-6-8-16/h4-9,12-14,21H,10-11H2,1-3H3,(H2,28,29,33,34,35)/t12-,13?,14+,21-/m1/s1. The Labute approximate surface area is 205 Å². The second kappa shape index (κ2) is 8.74. The molecule has 2 N–H and O–H groups in total. The molecule has 4 atom stereocenters. The van der Waals surface area contributed by atoms with Gasteiger partial charge in [-0.2, -0.15) is 10.2 Å². The van der Waals surface area contributed by atoms with Gasteiger partial charge >= 0.3 is 6.03 Å². The molecule has 0 radical (unpaired) electrons. The first-order valence-electron chi connectivity index (χ1n) is 11.7. The number of carbonyl (C=O) groups excluding carboxylic acids is 3. The molecule has 2 aromatic carbocycles. The fourth-order valence-corrected chi connectivity index (χ4v) is 5.57. The lowest BCUT2D eigenvalue weighted by molar-refractivity contribution is -0.153. The SMILES string of the molecule is CC(N=Nc1ccccc1)c1cc2c(c(F)c1F)N1C[C@@H](C)O[C@@H](C)[C@@H]1C1(C2)C(=O)NC(=O)NC1=O. The van der Waals surface area contributed by atoms with Crippen LogP contribution in [0.5, 0.6) is 0 Å². The number of rotatable bonds is 3. The Balaban J connectivity index is 1.63. The lowest BCUT2D eigenvalue weighted by Crippen LogP contribution is -2.75. The number of benzene rings is 2. The molecule has 2 fully saturated rings. The van der Waals surface area contributed by atoms with Crippen molar-refractivity contribution in [3.05, 3.63) is 59.2 Å². The number of carbonyl (C=O) groups is 3. The van der Waals surface area contributed by atoms with Crippen molar-refractivity contribution in [3.8, 4) is 0 Å². The molecular weight excluding hydrogens is 472 g/mol. The molecule has 3 aliphatic rings. The highest BCUT2D eigenvalue weighted by atomic mass is 19.2. The molecule has 2 aromatic rings. The molecular formula is C25H25F2N5O4. The molecule has 3 heterocycles.